The van der Waals surface area contributed by atoms with Crippen molar-refractivity contribution in [1.82, 2.24) is 0 Å². The molecular weight excluding hydrogens is 1340 g/mol. The lowest BCUT2D eigenvalue weighted by Crippen LogP contribution is -2.19. The van der Waals surface area contributed by atoms with Gasteiger partial charge in [-0.1, -0.05) is 82.1 Å². The molecule has 4 aromatic rings. The first-order valence-corrected chi connectivity index (χ1v) is 28.3. The molecular formula is C50H64Br8O6. The first-order chi connectivity index (χ1) is 30.1. The average molecular weight is 1400 g/mol. The molecule has 2 saturated heterocycles. The third kappa shape index (κ3) is 17.4. The molecule has 2 heterocycles. The standard InChI is InChI=1S/C22H26Br4O2.C19H18Br4O3.C7H14O.C2H6/c1-5-13(2)7-6-8-28-21-18(25)11-15(12-19(21)26)22(3,4)14-9-16(23)20(27)17(24)10-14;1-19(2,10-5-13(20)17(24)14(21)6-10)11-7-15(22)18(16(23)8-11)25-4-3-12-9-26-12;1-3-6(2)4-7-5-8-7;1-2/h9-13,27H,5-8H2,1-4H3;5-8,12,24H,3-4,9H2,1-2H3;6-7H,3-5H2,1-2H3;1-2H3. The van der Waals surface area contributed by atoms with Crippen LogP contribution in [0.3, 0.4) is 0 Å². The van der Waals surface area contributed by atoms with E-state index in [0.29, 0.717) is 43.3 Å². The smallest absolute Gasteiger partial charge is 0.147 e. The fourth-order valence-electron chi connectivity index (χ4n) is 6.46. The molecule has 4 aromatic carbocycles. The molecule has 0 amide bonds. The maximum absolute atomic E-state index is 10.0. The van der Waals surface area contributed by atoms with Gasteiger partial charge in [0.05, 0.1) is 74.4 Å². The number of benzene rings is 4. The Morgan fingerprint density at radius 1 is 0.547 bits per heavy atom. The van der Waals surface area contributed by atoms with Gasteiger partial charge in [-0.25, -0.2) is 0 Å². The highest BCUT2D eigenvalue weighted by Crippen LogP contribution is 2.45. The summed E-state index contributed by atoms with van der Waals surface area (Å²) in [6.45, 7) is 24.8. The van der Waals surface area contributed by atoms with Gasteiger partial charge < -0.3 is 29.2 Å². The summed E-state index contributed by atoms with van der Waals surface area (Å²) in [5.74, 6) is 3.67. The quantitative estimate of drug-likeness (QED) is 0.0810. The van der Waals surface area contributed by atoms with Crippen molar-refractivity contribution in [2.75, 3.05) is 26.4 Å². The summed E-state index contributed by atoms with van der Waals surface area (Å²) in [7, 11) is 0. The van der Waals surface area contributed by atoms with Crippen molar-refractivity contribution in [2.45, 2.75) is 131 Å². The van der Waals surface area contributed by atoms with Gasteiger partial charge in [0.1, 0.15) is 23.0 Å². The van der Waals surface area contributed by atoms with Crippen LogP contribution < -0.4 is 9.47 Å². The molecule has 6 nitrogen and oxygen atoms in total. The van der Waals surface area contributed by atoms with Crippen molar-refractivity contribution in [3.63, 3.8) is 0 Å². The number of halogens is 8. The van der Waals surface area contributed by atoms with Gasteiger partial charge in [0.25, 0.3) is 0 Å². The van der Waals surface area contributed by atoms with Crippen molar-refractivity contribution < 1.29 is 29.2 Å². The number of phenols is 2. The third-order valence-corrected chi connectivity index (χ3v) is 16.3. The lowest BCUT2D eigenvalue weighted by Gasteiger charge is -2.28. The first kappa shape index (κ1) is 58.2. The Morgan fingerprint density at radius 2 is 0.859 bits per heavy atom. The predicted octanol–water partition coefficient (Wildman–Crippen LogP) is 18.8. The normalized spacial score (nSPS) is 16.2. The van der Waals surface area contributed by atoms with E-state index in [1.165, 1.54) is 25.7 Å². The minimum absolute atomic E-state index is 0.204. The van der Waals surface area contributed by atoms with Crippen LogP contribution in [0.25, 0.3) is 0 Å². The molecule has 0 radical (unpaired) electrons. The molecule has 64 heavy (non-hydrogen) atoms. The molecule has 2 fully saturated rings. The summed E-state index contributed by atoms with van der Waals surface area (Å²) in [5, 5.41) is 20.0. The Hall–Kier alpha value is -0.160. The molecule has 0 spiro atoms. The molecule has 356 valence electrons. The van der Waals surface area contributed by atoms with Gasteiger partial charge >= 0.3 is 0 Å². The van der Waals surface area contributed by atoms with E-state index in [2.05, 4.69) is 207 Å². The fraction of sp³-hybridized carbons (Fsp3) is 0.520. The minimum Gasteiger partial charge on any atom is -0.506 e. The van der Waals surface area contributed by atoms with Crippen LogP contribution in [-0.4, -0.2) is 48.8 Å². The number of epoxide rings is 2. The lowest BCUT2D eigenvalue weighted by atomic mass is 9.78. The van der Waals surface area contributed by atoms with Crippen LogP contribution in [0.2, 0.25) is 0 Å². The molecule has 6 rings (SSSR count). The molecule has 0 aliphatic carbocycles. The zero-order valence-electron chi connectivity index (χ0n) is 38.6. The Kier molecular flexibility index (Phi) is 24.8. The van der Waals surface area contributed by atoms with E-state index in [4.69, 9.17) is 18.9 Å². The summed E-state index contributed by atoms with van der Waals surface area (Å²) < 4.78 is 28.6. The SMILES string of the molecule is CC.CC(C)(c1cc(Br)c(O)c(Br)c1)c1cc(Br)c(OCCC2CO2)c(Br)c1.CCC(C)CC1CO1.CCC(C)CCCOc1c(Br)cc(C(C)(C)c2cc(Br)c(O)c(Br)c2)cc1Br. The predicted molar refractivity (Wildman–Crippen MR) is 294 cm³/mol. The third-order valence-electron chi connectivity index (χ3n) is 11.6. The van der Waals surface area contributed by atoms with E-state index in [1.807, 2.05) is 38.1 Å². The van der Waals surface area contributed by atoms with E-state index in [-0.39, 0.29) is 22.3 Å². The molecule has 4 unspecified atom stereocenters. The Labute approximate surface area is 450 Å². The highest BCUT2D eigenvalue weighted by atomic mass is 79.9. The van der Waals surface area contributed by atoms with Gasteiger partial charge in [-0.2, -0.15) is 0 Å². The number of rotatable bonds is 17. The van der Waals surface area contributed by atoms with Crippen LogP contribution in [-0.2, 0) is 20.3 Å². The van der Waals surface area contributed by atoms with Crippen LogP contribution >= 0.6 is 127 Å². The highest BCUT2D eigenvalue weighted by Gasteiger charge is 2.29. The maximum atomic E-state index is 10.0. The molecule has 2 N–H and O–H groups in total. The van der Waals surface area contributed by atoms with Gasteiger partial charge in [-0.3, -0.25) is 0 Å². The van der Waals surface area contributed by atoms with Crippen molar-refractivity contribution in [3.05, 3.63) is 107 Å². The van der Waals surface area contributed by atoms with Gasteiger partial charge in [-0.15, -0.1) is 0 Å². The summed E-state index contributed by atoms with van der Waals surface area (Å²) >= 11 is 28.4. The summed E-state index contributed by atoms with van der Waals surface area (Å²) in [5.41, 5.74) is 3.89. The molecule has 14 heteroatoms. The van der Waals surface area contributed by atoms with Crippen molar-refractivity contribution >= 4 is 127 Å². The zero-order valence-corrected chi connectivity index (χ0v) is 51.2. The largest absolute Gasteiger partial charge is 0.506 e. The monoisotopic (exact) mass is 1390 g/mol. The Balaban J connectivity index is 0.000000281. The molecule has 0 saturated carbocycles. The second-order valence-electron chi connectivity index (χ2n) is 17.2. The second kappa shape index (κ2) is 27.3. The fourth-order valence-corrected chi connectivity index (χ4v) is 11.7. The van der Waals surface area contributed by atoms with E-state index in [0.717, 1.165) is 89.5 Å². The van der Waals surface area contributed by atoms with Gasteiger partial charge in [-0.05, 0) is 229 Å². The van der Waals surface area contributed by atoms with Crippen molar-refractivity contribution in [2.24, 2.45) is 11.8 Å². The Morgan fingerprint density at radius 3 is 1.17 bits per heavy atom. The number of ether oxygens (including phenoxy) is 4. The van der Waals surface area contributed by atoms with E-state index >= 15 is 0 Å². The van der Waals surface area contributed by atoms with E-state index in [9.17, 15) is 10.2 Å². The van der Waals surface area contributed by atoms with Crippen LogP contribution in [0.1, 0.15) is 130 Å². The van der Waals surface area contributed by atoms with Crippen LogP contribution in [0.15, 0.2) is 84.3 Å². The average Bonchev–Trinajstić information content (AvgIpc) is 4.20. The summed E-state index contributed by atoms with van der Waals surface area (Å²) in [6, 6.07) is 16.2. The molecule has 0 aromatic heterocycles. The summed E-state index contributed by atoms with van der Waals surface area (Å²) in [4.78, 5) is 0. The van der Waals surface area contributed by atoms with Crippen molar-refractivity contribution in [1.29, 1.82) is 0 Å². The number of hydrogen-bond acceptors (Lipinski definition) is 6. The van der Waals surface area contributed by atoms with E-state index < -0.39 is 0 Å². The first-order valence-electron chi connectivity index (χ1n) is 21.9. The van der Waals surface area contributed by atoms with Gasteiger partial charge in [0.2, 0.25) is 0 Å². The van der Waals surface area contributed by atoms with Crippen LogP contribution in [0.4, 0.5) is 0 Å². The Bertz CT molecular complexity index is 2030. The van der Waals surface area contributed by atoms with E-state index in [1.54, 1.807) is 0 Å². The highest BCUT2D eigenvalue weighted by molar-refractivity contribution is 9.12. The number of hydrogen-bond donors (Lipinski definition) is 2. The molecule has 4 atom stereocenters. The molecule has 2 aliphatic heterocycles. The minimum atomic E-state index is -0.274. The molecule has 0 bridgehead atoms. The zero-order chi connectivity index (χ0) is 48.1. The van der Waals surface area contributed by atoms with Crippen LogP contribution in [0.5, 0.6) is 23.0 Å². The maximum Gasteiger partial charge on any atom is 0.147 e. The number of phenolic OH excluding ortho intramolecular Hbond substituents is 2. The summed E-state index contributed by atoms with van der Waals surface area (Å²) in [6.07, 6.45) is 7.90. The molecule has 2 aliphatic rings. The van der Waals surface area contributed by atoms with Gasteiger partial charge in [0.15, 0.2) is 0 Å². The van der Waals surface area contributed by atoms with Crippen molar-refractivity contribution in [3.8, 4) is 23.0 Å². The number of aromatic hydroxyl groups is 2. The van der Waals surface area contributed by atoms with Gasteiger partial charge in [0, 0.05) is 17.3 Å². The topological polar surface area (TPSA) is 84.0 Å². The lowest BCUT2D eigenvalue weighted by molar-refractivity contribution is 0.280. The second-order valence-corrected chi connectivity index (χ2v) is 24.0. The van der Waals surface area contributed by atoms with Crippen LogP contribution in [0, 0.1) is 11.8 Å².